The largest absolute Gasteiger partial charge is 0.497 e. The standard InChI is InChI=1S/C24H24N2O4S/c1-29-19-11-9-18(10-12-19)25(16-20-6-5-13-31-20)24(28)17-14-23(27)26(15-17)21-7-3-4-8-22(21)30-2/h3-13,17H,14-16H2,1-2H3. The Hall–Kier alpha value is -3.32. The molecule has 0 radical (unpaired) electrons. The van der Waals surface area contributed by atoms with E-state index in [1.165, 1.54) is 0 Å². The molecule has 4 rings (SSSR count). The van der Waals surface area contributed by atoms with Crippen LogP contribution in [0.5, 0.6) is 11.5 Å². The zero-order valence-corrected chi connectivity index (χ0v) is 18.3. The number of thiophene rings is 1. The van der Waals surface area contributed by atoms with Gasteiger partial charge in [-0.2, -0.15) is 0 Å². The van der Waals surface area contributed by atoms with E-state index in [1.807, 2.05) is 66.0 Å². The molecule has 2 aromatic carbocycles. The molecule has 31 heavy (non-hydrogen) atoms. The first kappa shape index (κ1) is 20.9. The average Bonchev–Trinajstić information content (AvgIpc) is 3.46. The first-order chi connectivity index (χ1) is 15.1. The monoisotopic (exact) mass is 436 g/mol. The van der Waals surface area contributed by atoms with Crippen molar-refractivity contribution in [3.8, 4) is 11.5 Å². The minimum absolute atomic E-state index is 0.0654. The van der Waals surface area contributed by atoms with E-state index in [1.54, 1.807) is 35.4 Å². The molecule has 6 nitrogen and oxygen atoms in total. The summed E-state index contributed by atoms with van der Waals surface area (Å²) < 4.78 is 10.7. The Morgan fingerprint density at radius 3 is 2.52 bits per heavy atom. The van der Waals surface area contributed by atoms with Crippen molar-refractivity contribution in [1.82, 2.24) is 0 Å². The lowest BCUT2D eigenvalue weighted by molar-refractivity contribution is -0.124. The number of amides is 2. The maximum Gasteiger partial charge on any atom is 0.232 e. The number of anilines is 2. The van der Waals surface area contributed by atoms with Crippen molar-refractivity contribution in [2.75, 3.05) is 30.6 Å². The maximum atomic E-state index is 13.6. The lowest BCUT2D eigenvalue weighted by atomic mass is 10.1. The van der Waals surface area contributed by atoms with Crippen molar-refractivity contribution < 1.29 is 19.1 Å². The Morgan fingerprint density at radius 1 is 1.06 bits per heavy atom. The highest BCUT2D eigenvalue weighted by molar-refractivity contribution is 7.09. The van der Waals surface area contributed by atoms with Crippen LogP contribution in [0.3, 0.4) is 0 Å². The first-order valence-electron chi connectivity index (χ1n) is 10.0. The Labute approximate surface area is 185 Å². The van der Waals surface area contributed by atoms with Crippen LogP contribution in [0.25, 0.3) is 0 Å². The number of carbonyl (C=O) groups excluding carboxylic acids is 2. The van der Waals surface area contributed by atoms with Crippen LogP contribution in [0, 0.1) is 5.92 Å². The SMILES string of the molecule is COc1ccc(N(Cc2cccs2)C(=O)C2CC(=O)N(c3ccccc3OC)C2)cc1. The molecule has 3 aromatic rings. The minimum atomic E-state index is -0.431. The summed E-state index contributed by atoms with van der Waals surface area (Å²) in [6.45, 7) is 0.789. The van der Waals surface area contributed by atoms with Crippen LogP contribution in [0.2, 0.25) is 0 Å². The molecule has 0 bridgehead atoms. The van der Waals surface area contributed by atoms with E-state index in [4.69, 9.17) is 9.47 Å². The summed E-state index contributed by atoms with van der Waals surface area (Å²) in [6, 6.07) is 18.8. The van der Waals surface area contributed by atoms with Crippen molar-refractivity contribution >= 4 is 34.5 Å². The Kier molecular flexibility index (Phi) is 6.23. The normalized spacial score (nSPS) is 15.7. The van der Waals surface area contributed by atoms with E-state index < -0.39 is 5.92 Å². The van der Waals surface area contributed by atoms with Crippen molar-refractivity contribution in [2.24, 2.45) is 5.92 Å². The van der Waals surface area contributed by atoms with Crippen molar-refractivity contribution in [3.05, 3.63) is 70.9 Å². The lowest BCUT2D eigenvalue weighted by Gasteiger charge is -2.26. The minimum Gasteiger partial charge on any atom is -0.497 e. The second-order valence-corrected chi connectivity index (χ2v) is 8.31. The highest BCUT2D eigenvalue weighted by Crippen LogP contribution is 2.34. The molecule has 1 saturated heterocycles. The smallest absolute Gasteiger partial charge is 0.232 e. The molecule has 1 fully saturated rings. The molecule has 1 aliphatic rings. The number of hydrogen-bond donors (Lipinski definition) is 0. The molecule has 0 spiro atoms. The number of hydrogen-bond acceptors (Lipinski definition) is 5. The van der Waals surface area contributed by atoms with Gasteiger partial charge in [-0.1, -0.05) is 18.2 Å². The van der Waals surface area contributed by atoms with Gasteiger partial charge < -0.3 is 19.3 Å². The molecule has 2 amide bonds. The summed E-state index contributed by atoms with van der Waals surface area (Å²) in [5.74, 6) is 0.776. The molecule has 0 saturated carbocycles. The molecule has 7 heteroatoms. The molecule has 1 atom stereocenters. The van der Waals surface area contributed by atoms with Crippen LogP contribution in [0.4, 0.5) is 11.4 Å². The van der Waals surface area contributed by atoms with E-state index in [0.717, 1.165) is 16.3 Å². The lowest BCUT2D eigenvalue weighted by Crippen LogP contribution is -2.37. The van der Waals surface area contributed by atoms with Gasteiger partial charge in [0.25, 0.3) is 0 Å². The van der Waals surface area contributed by atoms with E-state index in [-0.39, 0.29) is 18.2 Å². The summed E-state index contributed by atoms with van der Waals surface area (Å²) in [7, 11) is 3.19. The van der Waals surface area contributed by atoms with E-state index >= 15 is 0 Å². The van der Waals surface area contributed by atoms with Gasteiger partial charge in [-0.3, -0.25) is 9.59 Å². The number of nitrogens with zero attached hydrogens (tertiary/aromatic N) is 2. The van der Waals surface area contributed by atoms with Gasteiger partial charge in [-0.25, -0.2) is 0 Å². The van der Waals surface area contributed by atoms with Gasteiger partial charge in [0.05, 0.1) is 32.4 Å². The van der Waals surface area contributed by atoms with Gasteiger partial charge in [0.1, 0.15) is 11.5 Å². The zero-order chi connectivity index (χ0) is 21.8. The number of carbonyl (C=O) groups is 2. The van der Waals surface area contributed by atoms with Gasteiger partial charge in [0.2, 0.25) is 11.8 Å². The Balaban J connectivity index is 1.59. The molecule has 0 aliphatic carbocycles. The van der Waals surface area contributed by atoms with Gasteiger partial charge >= 0.3 is 0 Å². The average molecular weight is 437 g/mol. The zero-order valence-electron chi connectivity index (χ0n) is 17.5. The third-order valence-electron chi connectivity index (χ3n) is 5.39. The number of para-hydroxylation sites is 2. The van der Waals surface area contributed by atoms with Gasteiger partial charge in [0, 0.05) is 23.5 Å². The van der Waals surface area contributed by atoms with Gasteiger partial charge in [0.15, 0.2) is 0 Å². The second kappa shape index (κ2) is 9.22. The van der Waals surface area contributed by atoms with E-state index in [2.05, 4.69) is 0 Å². The van der Waals surface area contributed by atoms with Crippen LogP contribution in [0.15, 0.2) is 66.0 Å². The summed E-state index contributed by atoms with van der Waals surface area (Å²) in [6.07, 6.45) is 0.175. The molecule has 0 N–H and O–H groups in total. The molecule has 2 heterocycles. The topological polar surface area (TPSA) is 59.1 Å². The quantitative estimate of drug-likeness (QED) is 0.553. The van der Waals surface area contributed by atoms with Crippen LogP contribution in [-0.4, -0.2) is 32.6 Å². The number of methoxy groups -OCH3 is 2. The van der Waals surface area contributed by atoms with Crippen molar-refractivity contribution in [3.63, 3.8) is 0 Å². The van der Waals surface area contributed by atoms with Crippen LogP contribution in [-0.2, 0) is 16.1 Å². The summed E-state index contributed by atoms with van der Waals surface area (Å²) in [5, 5.41) is 1.99. The highest BCUT2D eigenvalue weighted by atomic mass is 32.1. The Bertz CT molecular complexity index is 1050. The van der Waals surface area contributed by atoms with Crippen molar-refractivity contribution in [1.29, 1.82) is 0 Å². The second-order valence-electron chi connectivity index (χ2n) is 7.28. The van der Waals surface area contributed by atoms with E-state index in [0.29, 0.717) is 24.5 Å². The number of rotatable bonds is 7. The highest BCUT2D eigenvalue weighted by Gasteiger charge is 2.38. The fraction of sp³-hybridized carbons (Fsp3) is 0.250. The first-order valence-corrected chi connectivity index (χ1v) is 10.9. The molecule has 160 valence electrons. The van der Waals surface area contributed by atoms with Crippen LogP contribution in [0.1, 0.15) is 11.3 Å². The third kappa shape index (κ3) is 4.41. The fourth-order valence-electron chi connectivity index (χ4n) is 3.80. The predicted octanol–water partition coefficient (Wildman–Crippen LogP) is 4.35. The fourth-order valence-corrected chi connectivity index (χ4v) is 4.49. The van der Waals surface area contributed by atoms with Crippen LogP contribution >= 0.6 is 11.3 Å². The van der Waals surface area contributed by atoms with Gasteiger partial charge in [-0.05, 0) is 47.8 Å². The molecular weight excluding hydrogens is 412 g/mol. The van der Waals surface area contributed by atoms with Gasteiger partial charge in [-0.15, -0.1) is 11.3 Å². The number of benzene rings is 2. The van der Waals surface area contributed by atoms with E-state index in [9.17, 15) is 9.59 Å². The summed E-state index contributed by atoms with van der Waals surface area (Å²) in [5.41, 5.74) is 1.47. The Morgan fingerprint density at radius 2 is 1.84 bits per heavy atom. The van der Waals surface area contributed by atoms with Crippen LogP contribution < -0.4 is 19.3 Å². The third-order valence-corrected chi connectivity index (χ3v) is 6.26. The molecule has 1 unspecified atom stereocenters. The predicted molar refractivity (Wildman–Crippen MR) is 122 cm³/mol. The number of ether oxygens (including phenoxy) is 2. The molecule has 1 aliphatic heterocycles. The van der Waals surface area contributed by atoms with Crippen molar-refractivity contribution in [2.45, 2.75) is 13.0 Å². The summed E-state index contributed by atoms with van der Waals surface area (Å²) >= 11 is 1.60. The summed E-state index contributed by atoms with van der Waals surface area (Å²) in [4.78, 5) is 30.9. The molecular formula is C24H24N2O4S. The maximum absolute atomic E-state index is 13.6. The molecule has 1 aromatic heterocycles.